The summed E-state index contributed by atoms with van der Waals surface area (Å²) in [4.78, 5) is -1.77. The molecule has 0 aliphatic rings. The highest BCUT2D eigenvalue weighted by Crippen LogP contribution is 2.32. The van der Waals surface area contributed by atoms with E-state index in [-0.39, 0.29) is 0 Å². The molecule has 0 radical (unpaired) electrons. The standard InChI is InChI=1S/C14H8F6O5S2/c15-13(16,17)9-1-5-11(6-2-9)26(21,22)25-27(23,24)12-7-3-10(4-8-12)14(18,19)20/h1-8H. The Morgan fingerprint density at radius 2 is 0.815 bits per heavy atom. The fourth-order valence-corrected chi connectivity index (χ4v) is 4.33. The quantitative estimate of drug-likeness (QED) is 0.684. The largest absolute Gasteiger partial charge is 0.416 e. The molecule has 148 valence electrons. The zero-order valence-electron chi connectivity index (χ0n) is 12.7. The Kier molecular flexibility index (Phi) is 5.33. The van der Waals surface area contributed by atoms with E-state index in [0.29, 0.717) is 48.5 Å². The number of alkyl halides is 6. The van der Waals surface area contributed by atoms with Crippen LogP contribution < -0.4 is 0 Å². The number of hydrogen-bond donors (Lipinski definition) is 0. The summed E-state index contributed by atoms with van der Waals surface area (Å²) >= 11 is 0. The molecule has 0 spiro atoms. The van der Waals surface area contributed by atoms with Crippen LogP contribution in [-0.2, 0) is 36.2 Å². The Balaban J connectivity index is 2.30. The third-order valence-electron chi connectivity index (χ3n) is 3.12. The van der Waals surface area contributed by atoms with E-state index in [1.807, 2.05) is 0 Å². The van der Waals surface area contributed by atoms with Crippen LogP contribution >= 0.6 is 0 Å². The number of benzene rings is 2. The van der Waals surface area contributed by atoms with Gasteiger partial charge >= 0.3 is 32.6 Å². The van der Waals surface area contributed by atoms with Crippen LogP contribution in [0.4, 0.5) is 26.3 Å². The second-order valence-electron chi connectivity index (χ2n) is 5.02. The summed E-state index contributed by atoms with van der Waals surface area (Å²) in [5, 5.41) is 0. The Morgan fingerprint density at radius 3 is 1.04 bits per heavy atom. The van der Waals surface area contributed by atoms with Crippen LogP contribution in [0.1, 0.15) is 11.1 Å². The molecule has 2 aromatic rings. The van der Waals surface area contributed by atoms with Crippen LogP contribution in [0.15, 0.2) is 58.3 Å². The average molecular weight is 434 g/mol. The van der Waals surface area contributed by atoms with Gasteiger partial charge in [-0.2, -0.15) is 43.2 Å². The van der Waals surface area contributed by atoms with E-state index in [1.54, 1.807) is 0 Å². The zero-order chi connectivity index (χ0) is 20.7. The number of halogens is 6. The highest BCUT2D eigenvalue weighted by Gasteiger charge is 2.33. The third-order valence-corrected chi connectivity index (χ3v) is 6.25. The minimum Gasteiger partial charge on any atom is -0.193 e. The molecule has 0 aromatic heterocycles. The molecule has 0 aliphatic carbocycles. The van der Waals surface area contributed by atoms with Gasteiger partial charge in [0.15, 0.2) is 0 Å². The van der Waals surface area contributed by atoms with Crippen molar-refractivity contribution in [3.63, 3.8) is 0 Å². The second-order valence-corrected chi connectivity index (χ2v) is 8.32. The predicted molar refractivity (Wildman–Crippen MR) is 78.3 cm³/mol. The smallest absolute Gasteiger partial charge is 0.193 e. The van der Waals surface area contributed by atoms with Gasteiger partial charge in [0.05, 0.1) is 20.9 Å². The summed E-state index contributed by atoms with van der Waals surface area (Å²) in [6, 6.07) is 3.56. The maximum Gasteiger partial charge on any atom is 0.416 e. The highest BCUT2D eigenvalue weighted by molar-refractivity contribution is 7.99. The molecule has 0 fully saturated rings. The molecule has 27 heavy (non-hydrogen) atoms. The Morgan fingerprint density at radius 1 is 0.556 bits per heavy atom. The summed E-state index contributed by atoms with van der Waals surface area (Å²) in [7, 11) is -10.1. The van der Waals surface area contributed by atoms with E-state index < -0.39 is 53.5 Å². The molecule has 0 heterocycles. The fourth-order valence-electron chi connectivity index (χ4n) is 1.82. The van der Waals surface area contributed by atoms with Crippen molar-refractivity contribution in [3.8, 4) is 0 Å². The van der Waals surface area contributed by atoms with Crippen molar-refractivity contribution in [1.29, 1.82) is 0 Å². The molecule has 0 saturated carbocycles. The molecule has 0 saturated heterocycles. The van der Waals surface area contributed by atoms with Crippen molar-refractivity contribution < 1.29 is 46.8 Å². The topological polar surface area (TPSA) is 77.5 Å². The average Bonchev–Trinajstić information content (AvgIpc) is 2.52. The lowest BCUT2D eigenvalue weighted by molar-refractivity contribution is -0.138. The maximum absolute atomic E-state index is 12.5. The first-order valence-electron chi connectivity index (χ1n) is 6.68. The molecule has 0 bridgehead atoms. The first kappa shape index (κ1) is 21.2. The van der Waals surface area contributed by atoms with E-state index in [0.717, 1.165) is 0 Å². The van der Waals surface area contributed by atoms with Gasteiger partial charge in [0, 0.05) is 0 Å². The normalized spacial score (nSPS) is 13.6. The van der Waals surface area contributed by atoms with E-state index in [9.17, 15) is 43.2 Å². The molecule has 5 nitrogen and oxygen atoms in total. The van der Waals surface area contributed by atoms with Crippen LogP contribution in [0.5, 0.6) is 0 Å². The van der Waals surface area contributed by atoms with Gasteiger partial charge in [-0.3, -0.25) is 0 Å². The maximum atomic E-state index is 12.5. The molecule has 0 unspecified atom stereocenters. The molecule has 0 aliphatic heterocycles. The van der Waals surface area contributed by atoms with Crippen LogP contribution in [0, 0.1) is 0 Å². The number of rotatable bonds is 4. The van der Waals surface area contributed by atoms with Crippen molar-refractivity contribution in [2.45, 2.75) is 22.1 Å². The lowest BCUT2D eigenvalue weighted by atomic mass is 10.2. The van der Waals surface area contributed by atoms with Gasteiger partial charge in [-0.15, -0.1) is 3.63 Å². The Bertz CT molecular complexity index is 936. The van der Waals surface area contributed by atoms with Gasteiger partial charge in [0.2, 0.25) is 0 Å². The van der Waals surface area contributed by atoms with E-state index in [2.05, 4.69) is 3.63 Å². The summed E-state index contributed by atoms with van der Waals surface area (Å²) in [5.74, 6) is 0. The lowest BCUT2D eigenvalue weighted by Crippen LogP contribution is -2.15. The molecule has 0 atom stereocenters. The van der Waals surface area contributed by atoms with E-state index in [4.69, 9.17) is 0 Å². The Labute approximate surface area is 149 Å². The summed E-state index contributed by atoms with van der Waals surface area (Å²) in [5.41, 5.74) is -2.35. The molecule has 13 heteroatoms. The van der Waals surface area contributed by atoms with Crippen LogP contribution in [0.2, 0.25) is 0 Å². The zero-order valence-corrected chi connectivity index (χ0v) is 14.4. The minimum atomic E-state index is -5.04. The van der Waals surface area contributed by atoms with Gasteiger partial charge in [0.25, 0.3) is 0 Å². The molecular weight excluding hydrogens is 426 g/mol. The van der Waals surface area contributed by atoms with Gasteiger partial charge < -0.3 is 0 Å². The molecule has 2 aromatic carbocycles. The van der Waals surface area contributed by atoms with Crippen molar-refractivity contribution in [2.75, 3.05) is 0 Å². The minimum absolute atomic E-state index is 0.404. The lowest BCUT2D eigenvalue weighted by Gasteiger charge is -2.10. The SMILES string of the molecule is O=S(=O)(OS(=O)(=O)c1ccc(C(F)(F)F)cc1)c1ccc(C(F)(F)F)cc1. The Hall–Kier alpha value is -2.12. The summed E-state index contributed by atoms with van der Waals surface area (Å²) in [6.45, 7) is 0. The van der Waals surface area contributed by atoms with Crippen molar-refractivity contribution in [3.05, 3.63) is 59.7 Å². The third kappa shape index (κ3) is 4.99. The highest BCUT2D eigenvalue weighted by atomic mass is 32.3. The summed E-state index contributed by atoms with van der Waals surface area (Å²) in [6.07, 6.45) is -9.48. The first-order chi connectivity index (χ1) is 12.1. The van der Waals surface area contributed by atoms with E-state index in [1.165, 1.54) is 0 Å². The van der Waals surface area contributed by atoms with Gasteiger partial charge in [0.1, 0.15) is 0 Å². The van der Waals surface area contributed by atoms with Gasteiger partial charge in [-0.25, -0.2) is 0 Å². The fraction of sp³-hybridized carbons (Fsp3) is 0.143. The molecule has 2 rings (SSSR count). The monoisotopic (exact) mass is 434 g/mol. The van der Waals surface area contributed by atoms with E-state index >= 15 is 0 Å². The predicted octanol–water partition coefficient (Wildman–Crippen LogP) is 3.82. The molecule has 0 N–H and O–H groups in total. The first-order valence-corrected chi connectivity index (χ1v) is 9.50. The summed E-state index contributed by atoms with van der Waals surface area (Å²) < 4.78 is 127. The van der Waals surface area contributed by atoms with Gasteiger partial charge in [-0.1, -0.05) is 0 Å². The molecular formula is C14H8F6O5S2. The van der Waals surface area contributed by atoms with Crippen LogP contribution in [-0.4, -0.2) is 16.8 Å². The van der Waals surface area contributed by atoms with Crippen LogP contribution in [0.3, 0.4) is 0 Å². The molecule has 0 amide bonds. The number of hydrogen-bond acceptors (Lipinski definition) is 5. The van der Waals surface area contributed by atoms with Crippen molar-refractivity contribution >= 4 is 20.2 Å². The van der Waals surface area contributed by atoms with Crippen molar-refractivity contribution in [2.24, 2.45) is 0 Å². The van der Waals surface area contributed by atoms with Crippen LogP contribution in [0.25, 0.3) is 0 Å². The van der Waals surface area contributed by atoms with Gasteiger partial charge in [-0.05, 0) is 48.5 Å². The second kappa shape index (κ2) is 6.80. The van der Waals surface area contributed by atoms with Crippen molar-refractivity contribution in [1.82, 2.24) is 0 Å².